The van der Waals surface area contributed by atoms with Gasteiger partial charge in [0.05, 0.1) is 19.3 Å². The molecule has 0 aromatic rings. The largest absolute Gasteiger partial charge is 0.394 e. The van der Waals surface area contributed by atoms with Crippen molar-refractivity contribution in [2.75, 3.05) is 13.2 Å². The number of rotatable bonds is 2. The number of amides is 3. The van der Waals surface area contributed by atoms with E-state index in [0.29, 0.717) is 0 Å². The van der Waals surface area contributed by atoms with Gasteiger partial charge in [-0.2, -0.15) is 0 Å². The SMILES string of the molecule is CC1(F)CN([C@H]2C[C@H](O)[C@@H](CO)O2)C(=O)NC1=O. The summed E-state index contributed by atoms with van der Waals surface area (Å²) in [5, 5.41) is 20.4. The molecule has 2 rings (SSSR count). The van der Waals surface area contributed by atoms with Gasteiger partial charge in [-0.1, -0.05) is 0 Å². The van der Waals surface area contributed by atoms with E-state index in [-0.39, 0.29) is 13.0 Å². The molecule has 2 heterocycles. The van der Waals surface area contributed by atoms with Crippen molar-refractivity contribution >= 4 is 11.9 Å². The number of aliphatic hydroxyl groups excluding tert-OH is 2. The molecule has 0 aliphatic carbocycles. The lowest BCUT2D eigenvalue weighted by Gasteiger charge is -2.37. The number of imide groups is 1. The summed E-state index contributed by atoms with van der Waals surface area (Å²) in [6.07, 6.45) is -2.49. The number of halogens is 1. The van der Waals surface area contributed by atoms with Gasteiger partial charge in [0.1, 0.15) is 12.3 Å². The van der Waals surface area contributed by atoms with Crippen LogP contribution in [0.25, 0.3) is 0 Å². The van der Waals surface area contributed by atoms with Gasteiger partial charge in [-0.25, -0.2) is 9.18 Å². The van der Waals surface area contributed by atoms with E-state index in [1.165, 1.54) is 0 Å². The molecule has 8 heteroatoms. The quantitative estimate of drug-likeness (QED) is 0.576. The van der Waals surface area contributed by atoms with Crippen molar-refractivity contribution in [3.63, 3.8) is 0 Å². The Morgan fingerprint density at radius 2 is 2.28 bits per heavy atom. The average Bonchev–Trinajstić information content (AvgIpc) is 2.65. The molecule has 2 saturated heterocycles. The summed E-state index contributed by atoms with van der Waals surface area (Å²) in [5.41, 5.74) is -2.19. The van der Waals surface area contributed by atoms with Crippen LogP contribution in [0.2, 0.25) is 0 Å². The van der Waals surface area contributed by atoms with Gasteiger partial charge in [0, 0.05) is 6.42 Å². The molecule has 7 nitrogen and oxygen atoms in total. The molecule has 18 heavy (non-hydrogen) atoms. The third kappa shape index (κ3) is 2.18. The van der Waals surface area contributed by atoms with Crippen LogP contribution in [0.4, 0.5) is 9.18 Å². The molecule has 0 bridgehead atoms. The Labute approximate surface area is 103 Å². The fourth-order valence-corrected chi connectivity index (χ4v) is 2.07. The van der Waals surface area contributed by atoms with E-state index in [9.17, 15) is 19.1 Å². The molecule has 2 aliphatic rings. The Kier molecular flexibility index (Phi) is 3.26. The molecule has 102 valence electrons. The topological polar surface area (TPSA) is 99.1 Å². The van der Waals surface area contributed by atoms with E-state index < -0.39 is 42.6 Å². The number of nitrogens with one attached hydrogen (secondary N) is 1. The Balaban J connectivity index is 2.10. The minimum atomic E-state index is -2.19. The monoisotopic (exact) mass is 262 g/mol. The van der Waals surface area contributed by atoms with Crippen LogP contribution in [0.15, 0.2) is 0 Å². The highest BCUT2D eigenvalue weighted by Gasteiger charge is 2.48. The normalized spacial score (nSPS) is 41.1. The van der Waals surface area contributed by atoms with Gasteiger partial charge >= 0.3 is 6.03 Å². The molecule has 4 atom stereocenters. The van der Waals surface area contributed by atoms with Gasteiger partial charge < -0.3 is 14.9 Å². The summed E-state index contributed by atoms with van der Waals surface area (Å²) in [4.78, 5) is 23.8. The highest BCUT2D eigenvalue weighted by molar-refractivity contribution is 6.01. The predicted octanol–water partition coefficient (Wildman–Crippen LogP) is -1.27. The Bertz CT molecular complexity index is 375. The number of carbonyl (C=O) groups is 2. The van der Waals surface area contributed by atoms with Crippen molar-refractivity contribution in [3.8, 4) is 0 Å². The smallest absolute Gasteiger partial charge is 0.326 e. The Morgan fingerprint density at radius 1 is 1.61 bits per heavy atom. The zero-order valence-electron chi connectivity index (χ0n) is 9.80. The molecule has 3 N–H and O–H groups in total. The van der Waals surface area contributed by atoms with Crippen LogP contribution in [-0.4, -0.2) is 64.3 Å². The van der Waals surface area contributed by atoms with Gasteiger partial charge in [0.2, 0.25) is 5.67 Å². The van der Waals surface area contributed by atoms with Gasteiger partial charge in [0.25, 0.3) is 5.91 Å². The minimum absolute atomic E-state index is 0.0723. The number of carbonyl (C=O) groups excluding carboxylic acids is 2. The Morgan fingerprint density at radius 3 is 2.83 bits per heavy atom. The molecular formula is C10H15FN2O5. The van der Waals surface area contributed by atoms with Crippen molar-refractivity contribution < 1.29 is 28.9 Å². The number of ether oxygens (including phenoxy) is 1. The van der Waals surface area contributed by atoms with Gasteiger partial charge in [-0.15, -0.1) is 0 Å². The van der Waals surface area contributed by atoms with Crippen molar-refractivity contribution in [2.24, 2.45) is 0 Å². The van der Waals surface area contributed by atoms with Gasteiger partial charge in [-0.3, -0.25) is 15.0 Å². The van der Waals surface area contributed by atoms with Crippen LogP contribution in [0.3, 0.4) is 0 Å². The Hall–Kier alpha value is -1.25. The maximum atomic E-state index is 13.8. The van der Waals surface area contributed by atoms with Crippen LogP contribution in [-0.2, 0) is 9.53 Å². The second kappa shape index (κ2) is 4.45. The number of alkyl halides is 1. The molecule has 0 radical (unpaired) electrons. The van der Waals surface area contributed by atoms with Gasteiger partial charge in [0.15, 0.2) is 0 Å². The van der Waals surface area contributed by atoms with Crippen LogP contribution < -0.4 is 5.32 Å². The molecule has 1 unspecified atom stereocenters. The zero-order valence-corrected chi connectivity index (χ0v) is 9.80. The number of hydrogen-bond donors (Lipinski definition) is 3. The first kappa shape index (κ1) is 13.2. The number of aliphatic hydroxyl groups is 2. The maximum Gasteiger partial charge on any atom is 0.326 e. The lowest BCUT2D eigenvalue weighted by molar-refractivity contribution is -0.138. The third-order valence-corrected chi connectivity index (χ3v) is 3.15. The molecule has 0 aromatic heterocycles. The maximum absolute atomic E-state index is 13.8. The number of nitrogens with zero attached hydrogens (tertiary/aromatic N) is 1. The third-order valence-electron chi connectivity index (χ3n) is 3.15. The van der Waals surface area contributed by atoms with E-state index in [1.807, 2.05) is 5.32 Å². The van der Waals surface area contributed by atoms with Crippen molar-refractivity contribution in [3.05, 3.63) is 0 Å². The van der Waals surface area contributed by atoms with E-state index in [4.69, 9.17) is 9.84 Å². The molecular weight excluding hydrogens is 247 g/mol. The standard InChI is InChI=1S/C10H15FN2O5/c1-10(11)4-13(9(17)12-8(10)16)7-2-5(15)6(3-14)18-7/h5-7,14-15H,2-4H2,1H3,(H,12,16,17)/t5-,6+,7+,10?/m0/s1. The summed E-state index contributed by atoms with van der Waals surface area (Å²) in [5.74, 6) is -0.985. The summed E-state index contributed by atoms with van der Waals surface area (Å²) in [6, 6.07) is -0.758. The first-order valence-electron chi connectivity index (χ1n) is 5.60. The van der Waals surface area contributed by atoms with Crippen molar-refractivity contribution in [1.29, 1.82) is 0 Å². The summed E-state index contributed by atoms with van der Waals surface area (Å²) in [7, 11) is 0. The highest BCUT2D eigenvalue weighted by Crippen LogP contribution is 2.27. The second-order valence-corrected chi connectivity index (χ2v) is 4.70. The molecule has 0 saturated carbocycles. The van der Waals surface area contributed by atoms with Crippen LogP contribution in [0.1, 0.15) is 13.3 Å². The van der Waals surface area contributed by atoms with Crippen molar-refractivity contribution in [2.45, 2.75) is 37.4 Å². The zero-order chi connectivity index (χ0) is 13.5. The van der Waals surface area contributed by atoms with E-state index in [1.54, 1.807) is 0 Å². The first-order chi connectivity index (χ1) is 8.35. The number of urea groups is 1. The van der Waals surface area contributed by atoms with Crippen LogP contribution >= 0.6 is 0 Å². The van der Waals surface area contributed by atoms with Gasteiger partial charge in [-0.05, 0) is 6.92 Å². The second-order valence-electron chi connectivity index (χ2n) is 4.70. The van der Waals surface area contributed by atoms with Crippen molar-refractivity contribution in [1.82, 2.24) is 10.2 Å². The highest BCUT2D eigenvalue weighted by atomic mass is 19.1. The molecule has 2 aliphatic heterocycles. The number of hydrogen-bond acceptors (Lipinski definition) is 5. The fraction of sp³-hybridized carbons (Fsp3) is 0.800. The molecule has 2 fully saturated rings. The summed E-state index contributed by atoms with van der Waals surface area (Å²) >= 11 is 0. The fourth-order valence-electron chi connectivity index (χ4n) is 2.07. The average molecular weight is 262 g/mol. The van der Waals surface area contributed by atoms with E-state index in [0.717, 1.165) is 11.8 Å². The van der Waals surface area contributed by atoms with Crippen LogP contribution in [0, 0.1) is 0 Å². The van der Waals surface area contributed by atoms with E-state index in [2.05, 4.69) is 0 Å². The van der Waals surface area contributed by atoms with E-state index >= 15 is 0 Å². The molecule has 0 spiro atoms. The predicted molar refractivity (Wildman–Crippen MR) is 56.1 cm³/mol. The lowest BCUT2D eigenvalue weighted by atomic mass is 10.0. The lowest BCUT2D eigenvalue weighted by Crippen LogP contribution is -2.63. The minimum Gasteiger partial charge on any atom is -0.394 e. The first-order valence-corrected chi connectivity index (χ1v) is 5.60. The summed E-state index contributed by atoms with van der Waals surface area (Å²) < 4.78 is 19.1. The van der Waals surface area contributed by atoms with Crippen LogP contribution in [0.5, 0.6) is 0 Å². The molecule has 0 aromatic carbocycles. The summed E-state index contributed by atoms with van der Waals surface area (Å²) in [6.45, 7) is 0.239. The molecule has 3 amide bonds.